The molecule has 3 nitrogen and oxygen atoms in total. The molecular weight excluding hydrogens is 317 g/mol. The predicted molar refractivity (Wildman–Crippen MR) is 83.4 cm³/mol. The molecule has 1 saturated carbocycles. The van der Waals surface area contributed by atoms with E-state index in [0.717, 1.165) is 12.8 Å². The molecule has 0 bridgehead atoms. The fourth-order valence-corrected chi connectivity index (χ4v) is 2.95. The van der Waals surface area contributed by atoms with Crippen LogP contribution in [0.2, 0.25) is 0 Å². The number of aliphatic imine (C=N–C) groups is 1. The van der Waals surface area contributed by atoms with Crippen LogP contribution >= 0.6 is 0 Å². The summed E-state index contributed by atoms with van der Waals surface area (Å²) >= 11 is 0. The van der Waals surface area contributed by atoms with Crippen molar-refractivity contribution in [3.63, 3.8) is 0 Å². The van der Waals surface area contributed by atoms with Crippen LogP contribution in [0.15, 0.2) is 35.5 Å². The highest BCUT2D eigenvalue weighted by Gasteiger charge is 2.47. The van der Waals surface area contributed by atoms with E-state index in [2.05, 4.69) is 9.98 Å². The third kappa shape index (κ3) is 2.46. The van der Waals surface area contributed by atoms with Crippen LogP contribution < -0.4 is 4.74 Å². The third-order valence-corrected chi connectivity index (χ3v) is 4.47. The zero-order valence-corrected chi connectivity index (χ0v) is 13.0. The Hall–Kier alpha value is -2.37. The van der Waals surface area contributed by atoms with E-state index < -0.39 is 17.8 Å². The van der Waals surface area contributed by atoms with Gasteiger partial charge < -0.3 is 4.74 Å². The van der Waals surface area contributed by atoms with Gasteiger partial charge in [-0.15, -0.1) is 0 Å². The molecule has 1 fully saturated rings. The smallest absolute Gasteiger partial charge is 0.280 e. The molecule has 0 atom stereocenters. The van der Waals surface area contributed by atoms with Gasteiger partial charge >= 0.3 is 0 Å². The predicted octanol–water partition coefficient (Wildman–Crippen LogP) is 4.23. The van der Waals surface area contributed by atoms with Crippen molar-refractivity contribution in [3.8, 4) is 5.75 Å². The van der Waals surface area contributed by atoms with Crippen molar-refractivity contribution in [3.05, 3.63) is 58.7 Å². The number of alkyl halides is 2. The molecule has 2 aromatic rings. The molecule has 4 rings (SSSR count). The van der Waals surface area contributed by atoms with E-state index in [4.69, 9.17) is 4.74 Å². The highest BCUT2D eigenvalue weighted by molar-refractivity contribution is 6.14. The standard InChI is InChI=1S/C18H15F3N2O/c1-10-7-11(8-22-14(10)17(20)21)15-12-3-2-4-13(19)16(12)24-18(5-6-18)9-23-15/h2-4,7-8,17H,5-6,9H2,1H3. The number of hydrogen-bond donors (Lipinski definition) is 0. The summed E-state index contributed by atoms with van der Waals surface area (Å²) in [6.07, 6.45) is 0.406. The van der Waals surface area contributed by atoms with Gasteiger partial charge in [0.25, 0.3) is 6.43 Å². The Morgan fingerprint density at radius 1 is 1.25 bits per heavy atom. The van der Waals surface area contributed by atoms with Crippen LogP contribution in [0.1, 0.15) is 41.7 Å². The molecule has 0 unspecified atom stereocenters. The van der Waals surface area contributed by atoms with Gasteiger partial charge in [-0.05, 0) is 43.5 Å². The maximum Gasteiger partial charge on any atom is 0.280 e. The number of hydrogen-bond acceptors (Lipinski definition) is 3. The number of fused-ring (bicyclic) bond motifs is 1. The number of halogens is 3. The highest BCUT2D eigenvalue weighted by atomic mass is 19.3. The number of aryl methyl sites for hydroxylation is 1. The van der Waals surface area contributed by atoms with Crippen molar-refractivity contribution in [2.45, 2.75) is 31.8 Å². The first kappa shape index (κ1) is 15.2. The second-order valence-corrected chi connectivity index (χ2v) is 6.29. The van der Waals surface area contributed by atoms with Gasteiger partial charge in [-0.2, -0.15) is 0 Å². The molecule has 2 aliphatic rings. The minimum absolute atomic E-state index is 0.182. The van der Waals surface area contributed by atoms with Crippen LogP contribution in [-0.4, -0.2) is 22.8 Å². The van der Waals surface area contributed by atoms with Gasteiger partial charge in [0.05, 0.1) is 12.3 Å². The molecule has 0 N–H and O–H groups in total. The monoisotopic (exact) mass is 332 g/mol. The molecule has 1 aromatic carbocycles. The second-order valence-electron chi connectivity index (χ2n) is 6.29. The first-order valence-electron chi connectivity index (χ1n) is 7.76. The number of rotatable bonds is 2. The minimum Gasteiger partial charge on any atom is -0.482 e. The van der Waals surface area contributed by atoms with Crippen molar-refractivity contribution in [2.75, 3.05) is 6.54 Å². The fourth-order valence-electron chi connectivity index (χ4n) is 2.95. The Labute approximate surface area is 137 Å². The molecule has 124 valence electrons. The summed E-state index contributed by atoms with van der Waals surface area (Å²) in [5.41, 5.74) is 1.36. The number of nitrogens with zero attached hydrogens (tertiary/aromatic N) is 2. The number of aromatic nitrogens is 1. The highest BCUT2D eigenvalue weighted by Crippen LogP contribution is 2.44. The lowest BCUT2D eigenvalue weighted by molar-refractivity contribution is 0.145. The molecule has 2 heterocycles. The van der Waals surface area contributed by atoms with Crippen molar-refractivity contribution in [1.82, 2.24) is 4.98 Å². The third-order valence-electron chi connectivity index (χ3n) is 4.47. The molecule has 24 heavy (non-hydrogen) atoms. The van der Waals surface area contributed by atoms with Crippen LogP contribution in [-0.2, 0) is 0 Å². The van der Waals surface area contributed by atoms with Gasteiger partial charge in [0.2, 0.25) is 0 Å². The second kappa shape index (κ2) is 5.33. The van der Waals surface area contributed by atoms with E-state index >= 15 is 0 Å². The summed E-state index contributed by atoms with van der Waals surface area (Å²) < 4.78 is 46.0. The van der Waals surface area contributed by atoms with Crippen LogP contribution in [0, 0.1) is 12.7 Å². The molecule has 1 spiro atoms. The summed E-state index contributed by atoms with van der Waals surface area (Å²) in [5.74, 6) is -0.260. The van der Waals surface area contributed by atoms with Crippen molar-refractivity contribution >= 4 is 5.71 Å². The van der Waals surface area contributed by atoms with Crippen molar-refractivity contribution in [2.24, 2.45) is 4.99 Å². The van der Waals surface area contributed by atoms with Crippen LogP contribution in [0.5, 0.6) is 5.75 Å². The summed E-state index contributed by atoms with van der Waals surface area (Å²) in [5, 5.41) is 0. The lowest BCUT2D eigenvalue weighted by Crippen LogP contribution is -2.21. The average molecular weight is 332 g/mol. The Morgan fingerprint density at radius 2 is 2.04 bits per heavy atom. The SMILES string of the molecule is Cc1cc(C2=NCC3(CC3)Oc3c(F)cccc32)cnc1C(F)F. The largest absolute Gasteiger partial charge is 0.482 e. The van der Waals surface area contributed by atoms with Gasteiger partial charge in [-0.25, -0.2) is 13.2 Å². The molecule has 1 aromatic heterocycles. The molecule has 6 heteroatoms. The molecular formula is C18H15F3N2O. The Balaban J connectivity index is 1.85. The first-order valence-corrected chi connectivity index (χ1v) is 7.76. The zero-order chi connectivity index (χ0) is 16.9. The molecule has 1 aliphatic heterocycles. The van der Waals surface area contributed by atoms with Gasteiger partial charge in [0.1, 0.15) is 11.3 Å². The maximum absolute atomic E-state index is 14.3. The van der Waals surface area contributed by atoms with E-state index in [1.54, 1.807) is 25.1 Å². The Bertz CT molecular complexity index is 844. The van der Waals surface area contributed by atoms with E-state index in [1.807, 2.05) is 0 Å². The van der Waals surface area contributed by atoms with Crippen molar-refractivity contribution in [1.29, 1.82) is 0 Å². The maximum atomic E-state index is 14.3. The number of pyridine rings is 1. The van der Waals surface area contributed by atoms with Gasteiger partial charge in [0.15, 0.2) is 11.6 Å². The van der Waals surface area contributed by atoms with Gasteiger partial charge in [-0.3, -0.25) is 9.98 Å². The van der Waals surface area contributed by atoms with Crippen LogP contribution in [0.3, 0.4) is 0 Å². The van der Waals surface area contributed by atoms with E-state index in [9.17, 15) is 13.2 Å². The minimum atomic E-state index is -2.63. The van der Waals surface area contributed by atoms with Crippen LogP contribution in [0.25, 0.3) is 0 Å². The van der Waals surface area contributed by atoms with Crippen molar-refractivity contribution < 1.29 is 17.9 Å². The number of benzene rings is 1. The normalized spacial score (nSPS) is 18.0. The van der Waals surface area contributed by atoms with Crippen LogP contribution in [0.4, 0.5) is 13.2 Å². The molecule has 0 saturated heterocycles. The summed E-state index contributed by atoms with van der Waals surface area (Å²) in [4.78, 5) is 8.47. The van der Waals surface area contributed by atoms with E-state index in [0.29, 0.717) is 28.9 Å². The van der Waals surface area contributed by atoms with E-state index in [1.165, 1.54) is 12.3 Å². The van der Waals surface area contributed by atoms with Gasteiger partial charge in [0, 0.05) is 17.3 Å². The lowest BCUT2D eigenvalue weighted by Gasteiger charge is -2.15. The Morgan fingerprint density at radius 3 is 2.71 bits per heavy atom. The quantitative estimate of drug-likeness (QED) is 0.825. The summed E-state index contributed by atoms with van der Waals surface area (Å²) in [7, 11) is 0. The number of para-hydroxylation sites is 1. The molecule has 0 radical (unpaired) electrons. The van der Waals surface area contributed by atoms with Gasteiger partial charge in [-0.1, -0.05) is 6.07 Å². The summed E-state index contributed by atoms with van der Waals surface area (Å²) in [6, 6.07) is 6.29. The average Bonchev–Trinajstić information content (AvgIpc) is 3.32. The molecule has 0 amide bonds. The topological polar surface area (TPSA) is 34.5 Å². The fraction of sp³-hybridized carbons (Fsp3) is 0.333. The molecule has 1 aliphatic carbocycles. The zero-order valence-electron chi connectivity index (χ0n) is 13.0. The summed E-state index contributed by atoms with van der Waals surface area (Å²) in [6.45, 7) is 2.01. The Kier molecular flexibility index (Phi) is 3.37. The lowest BCUT2D eigenvalue weighted by atomic mass is 10.0. The first-order chi connectivity index (χ1) is 11.5. The van der Waals surface area contributed by atoms with E-state index in [-0.39, 0.29) is 11.4 Å². The number of ether oxygens (including phenoxy) is 1.